The second kappa shape index (κ2) is 6.78. The Bertz CT molecular complexity index is 737. The first kappa shape index (κ1) is 15.5. The van der Waals surface area contributed by atoms with E-state index in [0.29, 0.717) is 13.2 Å². The van der Waals surface area contributed by atoms with Crippen LogP contribution >= 0.6 is 0 Å². The second-order valence-electron chi connectivity index (χ2n) is 5.76. The van der Waals surface area contributed by atoms with E-state index in [9.17, 15) is 9.59 Å². The van der Waals surface area contributed by atoms with Crippen LogP contribution in [0.1, 0.15) is 34.9 Å². The van der Waals surface area contributed by atoms with E-state index >= 15 is 0 Å². The number of aromatic amines is 1. The van der Waals surface area contributed by atoms with Gasteiger partial charge in [-0.3, -0.25) is 14.3 Å². The molecule has 7 heteroatoms. The van der Waals surface area contributed by atoms with E-state index in [1.54, 1.807) is 16.9 Å². The molecule has 0 unspecified atom stereocenters. The third-order valence-electron chi connectivity index (χ3n) is 4.09. The Hall–Kier alpha value is -2.41. The fraction of sp³-hybridized carbons (Fsp3) is 0.438. The highest BCUT2D eigenvalue weighted by molar-refractivity contribution is 5.93. The number of pyridine rings is 1. The molecule has 0 aliphatic carbocycles. The molecule has 2 atom stereocenters. The number of aryl methyl sites for hydroxylation is 1. The number of carbonyl (C=O) groups excluding carboxylic acids is 1. The molecule has 122 valence electrons. The van der Waals surface area contributed by atoms with E-state index in [-0.39, 0.29) is 29.1 Å². The van der Waals surface area contributed by atoms with Crippen LogP contribution in [0.4, 0.5) is 0 Å². The summed E-state index contributed by atoms with van der Waals surface area (Å²) >= 11 is 0. The molecule has 1 aliphatic heterocycles. The number of rotatable bonds is 4. The van der Waals surface area contributed by atoms with Crippen LogP contribution in [0.2, 0.25) is 0 Å². The molecule has 0 saturated carbocycles. The Balaban J connectivity index is 1.67. The normalized spacial score (nSPS) is 21.1. The molecular weight excluding hydrogens is 296 g/mol. The maximum atomic E-state index is 12.2. The van der Waals surface area contributed by atoms with Crippen LogP contribution in [0.5, 0.6) is 0 Å². The standard InChI is InChI=1S/C16H20N4O3/c1-20-10-12(9-19-20)14-11(4-3-7-23-14)8-18-16(22)13-5-2-6-17-15(13)21/h2,5-6,9-11,14H,3-4,7-8H2,1H3,(H,17,21)(H,18,22)/t11-,14+/m0/s1. The summed E-state index contributed by atoms with van der Waals surface area (Å²) in [6.07, 6.45) is 7.09. The molecule has 2 aromatic rings. The van der Waals surface area contributed by atoms with Crippen molar-refractivity contribution in [2.75, 3.05) is 13.2 Å². The molecule has 23 heavy (non-hydrogen) atoms. The molecule has 1 fully saturated rings. The third kappa shape index (κ3) is 3.50. The molecule has 0 bridgehead atoms. The van der Waals surface area contributed by atoms with Crippen LogP contribution in [0.25, 0.3) is 0 Å². The summed E-state index contributed by atoms with van der Waals surface area (Å²) < 4.78 is 7.62. The number of hydrogen-bond acceptors (Lipinski definition) is 4. The molecule has 1 saturated heterocycles. The van der Waals surface area contributed by atoms with Crippen LogP contribution in [0.3, 0.4) is 0 Å². The molecule has 0 radical (unpaired) electrons. The maximum absolute atomic E-state index is 12.2. The number of ether oxygens (including phenoxy) is 1. The van der Waals surface area contributed by atoms with Gasteiger partial charge < -0.3 is 15.0 Å². The zero-order chi connectivity index (χ0) is 16.2. The van der Waals surface area contributed by atoms with Crippen molar-refractivity contribution in [3.05, 3.63) is 52.2 Å². The monoisotopic (exact) mass is 316 g/mol. The topological polar surface area (TPSA) is 89.0 Å². The van der Waals surface area contributed by atoms with Crippen molar-refractivity contribution in [2.45, 2.75) is 18.9 Å². The van der Waals surface area contributed by atoms with E-state index in [0.717, 1.165) is 18.4 Å². The third-order valence-corrected chi connectivity index (χ3v) is 4.09. The fourth-order valence-corrected chi connectivity index (χ4v) is 2.93. The summed E-state index contributed by atoms with van der Waals surface area (Å²) in [5.41, 5.74) is 0.764. The molecule has 2 aromatic heterocycles. The molecule has 2 N–H and O–H groups in total. The molecule has 3 rings (SSSR count). The van der Waals surface area contributed by atoms with Crippen molar-refractivity contribution in [3.8, 4) is 0 Å². The number of amides is 1. The van der Waals surface area contributed by atoms with Gasteiger partial charge in [0.2, 0.25) is 0 Å². The number of nitrogens with one attached hydrogen (secondary N) is 2. The quantitative estimate of drug-likeness (QED) is 0.881. The lowest BCUT2D eigenvalue weighted by Gasteiger charge is -2.31. The van der Waals surface area contributed by atoms with Gasteiger partial charge >= 0.3 is 0 Å². The van der Waals surface area contributed by atoms with Crippen LogP contribution in [0.15, 0.2) is 35.5 Å². The minimum atomic E-state index is -0.381. The highest BCUT2D eigenvalue weighted by atomic mass is 16.5. The molecule has 7 nitrogen and oxygen atoms in total. The lowest BCUT2D eigenvalue weighted by Crippen LogP contribution is -2.37. The Morgan fingerprint density at radius 2 is 2.43 bits per heavy atom. The van der Waals surface area contributed by atoms with Gasteiger partial charge in [-0.15, -0.1) is 0 Å². The molecule has 0 aromatic carbocycles. The SMILES string of the molecule is Cn1cc([C@@H]2OCCC[C@H]2CNC(=O)c2ccc[nH]c2=O)cn1. The highest BCUT2D eigenvalue weighted by Crippen LogP contribution is 2.32. The van der Waals surface area contributed by atoms with Crippen molar-refractivity contribution in [2.24, 2.45) is 13.0 Å². The van der Waals surface area contributed by atoms with E-state index in [2.05, 4.69) is 15.4 Å². The summed E-state index contributed by atoms with van der Waals surface area (Å²) in [4.78, 5) is 26.3. The summed E-state index contributed by atoms with van der Waals surface area (Å²) in [6.45, 7) is 1.18. The summed E-state index contributed by atoms with van der Waals surface area (Å²) in [5.74, 6) is -0.193. The van der Waals surface area contributed by atoms with Gasteiger partial charge in [-0.25, -0.2) is 0 Å². The smallest absolute Gasteiger partial charge is 0.260 e. The zero-order valence-corrected chi connectivity index (χ0v) is 13.0. The molecule has 1 amide bonds. The van der Waals surface area contributed by atoms with Crippen molar-refractivity contribution in [1.82, 2.24) is 20.1 Å². The van der Waals surface area contributed by atoms with E-state index in [1.165, 1.54) is 12.3 Å². The zero-order valence-electron chi connectivity index (χ0n) is 13.0. The van der Waals surface area contributed by atoms with Crippen LogP contribution in [0, 0.1) is 5.92 Å². The van der Waals surface area contributed by atoms with Gasteiger partial charge in [0.1, 0.15) is 5.56 Å². The first-order valence-corrected chi connectivity index (χ1v) is 7.71. The molecule has 0 spiro atoms. The Morgan fingerprint density at radius 3 is 3.17 bits per heavy atom. The first-order valence-electron chi connectivity index (χ1n) is 7.71. The van der Waals surface area contributed by atoms with Crippen molar-refractivity contribution >= 4 is 5.91 Å². The molecular formula is C16H20N4O3. The molecule has 1 aliphatic rings. The van der Waals surface area contributed by atoms with Crippen LogP contribution in [-0.4, -0.2) is 33.8 Å². The lowest BCUT2D eigenvalue weighted by molar-refractivity contribution is -0.0273. The van der Waals surface area contributed by atoms with Crippen molar-refractivity contribution in [3.63, 3.8) is 0 Å². The minimum absolute atomic E-state index is 0.0770. The minimum Gasteiger partial charge on any atom is -0.373 e. The van der Waals surface area contributed by atoms with Crippen molar-refractivity contribution in [1.29, 1.82) is 0 Å². The molecule has 3 heterocycles. The van der Waals surface area contributed by atoms with E-state index in [1.807, 2.05) is 13.2 Å². The predicted octanol–water partition coefficient (Wildman–Crippen LogP) is 1.01. The average molecular weight is 316 g/mol. The number of aromatic nitrogens is 3. The first-order chi connectivity index (χ1) is 11.1. The number of hydrogen-bond donors (Lipinski definition) is 2. The highest BCUT2D eigenvalue weighted by Gasteiger charge is 2.29. The predicted molar refractivity (Wildman–Crippen MR) is 84.0 cm³/mol. The summed E-state index contributed by atoms with van der Waals surface area (Å²) in [6, 6.07) is 3.16. The average Bonchev–Trinajstić information content (AvgIpc) is 2.99. The van der Waals surface area contributed by atoms with E-state index in [4.69, 9.17) is 4.74 Å². The maximum Gasteiger partial charge on any atom is 0.260 e. The van der Waals surface area contributed by atoms with Gasteiger partial charge in [-0.1, -0.05) is 0 Å². The van der Waals surface area contributed by atoms with Crippen molar-refractivity contribution < 1.29 is 9.53 Å². The summed E-state index contributed by atoms with van der Waals surface area (Å²) in [7, 11) is 1.87. The summed E-state index contributed by atoms with van der Waals surface area (Å²) in [5, 5.41) is 7.03. The Labute approximate surface area is 133 Å². The van der Waals surface area contributed by atoms with Crippen LogP contribution < -0.4 is 10.9 Å². The van der Waals surface area contributed by atoms with Gasteiger partial charge in [-0.2, -0.15) is 5.10 Å². The number of nitrogens with zero attached hydrogens (tertiary/aromatic N) is 2. The Kier molecular flexibility index (Phi) is 4.57. The van der Waals surface area contributed by atoms with Gasteiger partial charge in [0.05, 0.1) is 12.3 Å². The lowest BCUT2D eigenvalue weighted by atomic mass is 9.91. The van der Waals surface area contributed by atoms with Gasteiger partial charge in [0, 0.05) is 44.1 Å². The second-order valence-corrected chi connectivity index (χ2v) is 5.76. The number of H-pyrrole nitrogens is 1. The van der Waals surface area contributed by atoms with E-state index < -0.39 is 0 Å². The van der Waals surface area contributed by atoms with Gasteiger partial charge in [0.25, 0.3) is 11.5 Å². The number of carbonyl (C=O) groups is 1. The largest absolute Gasteiger partial charge is 0.373 e. The fourth-order valence-electron chi connectivity index (χ4n) is 2.93. The Morgan fingerprint density at radius 1 is 1.57 bits per heavy atom. The van der Waals surface area contributed by atoms with Gasteiger partial charge in [-0.05, 0) is 25.0 Å². The van der Waals surface area contributed by atoms with Crippen LogP contribution in [-0.2, 0) is 11.8 Å². The van der Waals surface area contributed by atoms with Gasteiger partial charge in [0.15, 0.2) is 0 Å².